The summed E-state index contributed by atoms with van der Waals surface area (Å²) in [5, 5.41) is 0. The van der Waals surface area contributed by atoms with E-state index in [9.17, 15) is 22.4 Å². The minimum absolute atomic E-state index is 0.0939. The Hall–Kier alpha value is -1.07. The van der Waals surface area contributed by atoms with Gasteiger partial charge >= 0.3 is 17.8 Å². The van der Waals surface area contributed by atoms with E-state index in [2.05, 4.69) is 6.58 Å². The van der Waals surface area contributed by atoms with Crippen LogP contribution in [-0.2, 0) is 9.53 Å². The lowest BCUT2D eigenvalue weighted by Gasteiger charge is -2.65. The number of hydrogen-bond acceptors (Lipinski definition) is 2. The Balaban J connectivity index is 1.61. The smallest absolute Gasteiger partial charge is 0.333 e. The standard InChI is InChI=1S/C20H26F4O2/c1-12(2)16(25)26-17-9-13-7-14(10-17)18(15(8-13)11-17)3-5-19(21,22)20(23,24)6-4-18/h13-15H,1,3-11H2,2H3. The molecule has 5 aliphatic rings. The second-order valence-electron chi connectivity index (χ2n) is 9.34. The molecule has 0 saturated heterocycles. The van der Waals surface area contributed by atoms with E-state index in [0.29, 0.717) is 24.3 Å². The van der Waals surface area contributed by atoms with Gasteiger partial charge in [-0.1, -0.05) is 6.58 Å². The molecule has 0 heterocycles. The molecule has 4 bridgehead atoms. The molecule has 5 fully saturated rings. The van der Waals surface area contributed by atoms with Gasteiger partial charge < -0.3 is 4.74 Å². The van der Waals surface area contributed by atoms with E-state index >= 15 is 0 Å². The first-order valence-electron chi connectivity index (χ1n) is 9.63. The predicted octanol–water partition coefficient (Wildman–Crippen LogP) is 5.52. The van der Waals surface area contributed by atoms with Gasteiger partial charge in [-0.05, 0) is 75.0 Å². The van der Waals surface area contributed by atoms with Gasteiger partial charge in [0.05, 0.1) is 0 Å². The van der Waals surface area contributed by atoms with E-state index in [0.717, 1.165) is 19.3 Å². The maximum atomic E-state index is 13.9. The number of alkyl halides is 4. The van der Waals surface area contributed by atoms with Crippen LogP contribution < -0.4 is 0 Å². The number of carbonyl (C=O) groups is 1. The fourth-order valence-corrected chi connectivity index (χ4v) is 6.61. The maximum absolute atomic E-state index is 13.9. The Morgan fingerprint density at radius 2 is 1.42 bits per heavy atom. The molecule has 0 aromatic heterocycles. The molecule has 6 heteroatoms. The summed E-state index contributed by atoms with van der Waals surface area (Å²) in [7, 11) is 0. The summed E-state index contributed by atoms with van der Waals surface area (Å²) in [6.07, 6.45) is 2.66. The molecule has 0 aromatic rings. The van der Waals surface area contributed by atoms with Gasteiger partial charge in [0.25, 0.3) is 0 Å². The summed E-state index contributed by atoms with van der Waals surface area (Å²) in [5.74, 6) is -7.65. The van der Waals surface area contributed by atoms with E-state index in [1.54, 1.807) is 6.92 Å². The first-order chi connectivity index (χ1) is 12.0. The van der Waals surface area contributed by atoms with Gasteiger partial charge in [0.2, 0.25) is 0 Å². The normalized spacial score (nSPS) is 41.7. The van der Waals surface area contributed by atoms with Crippen molar-refractivity contribution in [1.82, 2.24) is 0 Å². The highest BCUT2D eigenvalue weighted by atomic mass is 19.3. The lowest BCUT2D eigenvalue weighted by molar-refractivity contribution is -0.216. The Bertz CT molecular complexity index is 606. The van der Waals surface area contributed by atoms with Crippen molar-refractivity contribution in [2.24, 2.45) is 23.2 Å². The topological polar surface area (TPSA) is 26.3 Å². The van der Waals surface area contributed by atoms with Crippen LogP contribution in [-0.4, -0.2) is 23.4 Å². The van der Waals surface area contributed by atoms with Gasteiger partial charge in [-0.2, -0.15) is 17.6 Å². The van der Waals surface area contributed by atoms with Gasteiger partial charge in [-0.3, -0.25) is 0 Å². The van der Waals surface area contributed by atoms with Gasteiger partial charge in [0.15, 0.2) is 0 Å². The highest BCUT2D eigenvalue weighted by Gasteiger charge is 2.67. The average Bonchev–Trinajstić information content (AvgIpc) is 2.61. The fourth-order valence-electron chi connectivity index (χ4n) is 6.61. The van der Waals surface area contributed by atoms with E-state index in [1.807, 2.05) is 0 Å². The highest BCUT2D eigenvalue weighted by Crippen LogP contribution is 2.69. The first kappa shape index (κ1) is 18.3. The second-order valence-corrected chi connectivity index (χ2v) is 9.34. The van der Waals surface area contributed by atoms with Crippen molar-refractivity contribution in [2.45, 2.75) is 82.2 Å². The summed E-state index contributed by atoms with van der Waals surface area (Å²) < 4.78 is 61.6. The van der Waals surface area contributed by atoms with Crippen LogP contribution in [0.4, 0.5) is 17.6 Å². The quantitative estimate of drug-likeness (QED) is 0.362. The van der Waals surface area contributed by atoms with Crippen molar-refractivity contribution in [2.75, 3.05) is 0 Å². The molecule has 2 unspecified atom stereocenters. The number of rotatable bonds is 2. The molecular weight excluding hydrogens is 348 g/mol. The monoisotopic (exact) mass is 374 g/mol. The van der Waals surface area contributed by atoms with Crippen LogP contribution in [0.15, 0.2) is 12.2 Å². The average molecular weight is 374 g/mol. The Morgan fingerprint density at radius 3 is 1.88 bits per heavy atom. The Labute approximate surface area is 151 Å². The molecule has 26 heavy (non-hydrogen) atoms. The van der Waals surface area contributed by atoms with Gasteiger partial charge in [0, 0.05) is 18.4 Å². The van der Waals surface area contributed by atoms with Crippen molar-refractivity contribution in [1.29, 1.82) is 0 Å². The summed E-state index contributed by atoms with van der Waals surface area (Å²) in [6, 6.07) is 0. The summed E-state index contributed by atoms with van der Waals surface area (Å²) in [6.45, 7) is 5.25. The van der Waals surface area contributed by atoms with Crippen LogP contribution in [0, 0.1) is 23.2 Å². The summed E-state index contributed by atoms with van der Waals surface area (Å²) in [4.78, 5) is 12.1. The molecule has 0 aromatic carbocycles. The van der Waals surface area contributed by atoms with Crippen molar-refractivity contribution < 1.29 is 27.1 Å². The number of halogens is 4. The minimum atomic E-state index is -3.92. The molecule has 5 aliphatic carbocycles. The van der Waals surface area contributed by atoms with E-state index < -0.39 is 41.7 Å². The minimum Gasteiger partial charge on any atom is -0.456 e. The van der Waals surface area contributed by atoms with Crippen LogP contribution in [0.3, 0.4) is 0 Å². The number of esters is 1. The zero-order valence-electron chi connectivity index (χ0n) is 15.1. The largest absolute Gasteiger partial charge is 0.456 e. The molecule has 0 aliphatic heterocycles. The summed E-state index contributed by atoms with van der Waals surface area (Å²) >= 11 is 0. The van der Waals surface area contributed by atoms with E-state index in [-0.39, 0.29) is 24.7 Å². The maximum Gasteiger partial charge on any atom is 0.333 e. The molecule has 1 spiro atoms. The number of hydrogen-bond donors (Lipinski definition) is 0. The molecule has 5 saturated carbocycles. The molecular formula is C20H26F4O2. The molecule has 146 valence electrons. The third-order valence-corrected chi connectivity index (χ3v) is 7.76. The molecule has 0 amide bonds. The third-order valence-electron chi connectivity index (χ3n) is 7.76. The highest BCUT2D eigenvalue weighted by molar-refractivity contribution is 5.87. The molecule has 2 atom stereocenters. The van der Waals surface area contributed by atoms with Crippen molar-refractivity contribution >= 4 is 5.97 Å². The fraction of sp³-hybridized carbons (Fsp3) is 0.850. The molecule has 2 nitrogen and oxygen atoms in total. The van der Waals surface area contributed by atoms with Crippen molar-refractivity contribution in [3.63, 3.8) is 0 Å². The van der Waals surface area contributed by atoms with Gasteiger partial charge in [-0.25, -0.2) is 4.79 Å². The second kappa shape index (κ2) is 5.48. The van der Waals surface area contributed by atoms with Crippen LogP contribution in [0.25, 0.3) is 0 Å². The van der Waals surface area contributed by atoms with Crippen LogP contribution in [0.1, 0.15) is 64.7 Å². The van der Waals surface area contributed by atoms with Crippen LogP contribution >= 0.6 is 0 Å². The lowest BCUT2D eigenvalue weighted by Crippen LogP contribution is -2.61. The van der Waals surface area contributed by atoms with Gasteiger partial charge in [0.1, 0.15) is 5.60 Å². The van der Waals surface area contributed by atoms with Crippen LogP contribution in [0.2, 0.25) is 0 Å². The predicted molar refractivity (Wildman–Crippen MR) is 88.0 cm³/mol. The van der Waals surface area contributed by atoms with Crippen LogP contribution in [0.5, 0.6) is 0 Å². The Kier molecular flexibility index (Phi) is 3.86. The Morgan fingerprint density at radius 1 is 0.923 bits per heavy atom. The summed E-state index contributed by atoms with van der Waals surface area (Å²) in [5.41, 5.74) is -0.640. The van der Waals surface area contributed by atoms with Crippen molar-refractivity contribution in [3.8, 4) is 0 Å². The van der Waals surface area contributed by atoms with E-state index in [4.69, 9.17) is 4.74 Å². The number of ether oxygens (including phenoxy) is 1. The molecule has 5 rings (SSSR count). The van der Waals surface area contributed by atoms with Gasteiger partial charge in [-0.15, -0.1) is 0 Å². The molecule has 0 radical (unpaired) electrons. The zero-order chi connectivity index (χ0) is 19.0. The SMILES string of the molecule is C=C(C)C(=O)OC12CC3CC(C1)C1(CCC(F)(F)C(F)(F)CC1)C(C3)C2. The lowest BCUT2D eigenvalue weighted by atomic mass is 9.42. The molecule has 0 N–H and O–H groups in total. The van der Waals surface area contributed by atoms with E-state index in [1.165, 1.54) is 0 Å². The zero-order valence-corrected chi connectivity index (χ0v) is 15.1. The first-order valence-corrected chi connectivity index (χ1v) is 9.63. The van der Waals surface area contributed by atoms with Crippen molar-refractivity contribution in [3.05, 3.63) is 12.2 Å². The number of carbonyl (C=O) groups excluding carboxylic acids is 1. The third kappa shape index (κ3) is 2.54.